The number of ether oxygens (including phenoxy) is 1. The molecule has 2 aromatic carbocycles. The van der Waals surface area contributed by atoms with Crippen molar-refractivity contribution in [1.82, 2.24) is 4.57 Å². The Balaban J connectivity index is 2.29. The Labute approximate surface area is 165 Å². The molecule has 152 valence electrons. The number of benzene rings is 2. The van der Waals surface area contributed by atoms with Crippen LogP contribution in [0, 0.1) is 6.92 Å². The Kier molecular flexibility index (Phi) is 5.03. The molecule has 1 aromatic heterocycles. The highest BCUT2D eigenvalue weighted by atomic mass is 19.4. The van der Waals surface area contributed by atoms with Crippen molar-refractivity contribution >= 4 is 22.8 Å². The maximum absolute atomic E-state index is 13.3. The molecule has 0 N–H and O–H groups in total. The molecule has 0 aliphatic rings. The molecule has 3 aromatic rings. The summed E-state index contributed by atoms with van der Waals surface area (Å²) in [5.41, 5.74) is -0.936. The highest BCUT2D eigenvalue weighted by Gasteiger charge is 2.33. The molecule has 0 spiro atoms. The first kappa shape index (κ1) is 20.6. The predicted octanol–water partition coefficient (Wildman–Crippen LogP) is 5.98. The second-order valence-electron chi connectivity index (χ2n) is 7.70. The van der Waals surface area contributed by atoms with E-state index in [4.69, 9.17) is 4.74 Å². The number of carbonyl (C=O) groups is 2. The summed E-state index contributed by atoms with van der Waals surface area (Å²) in [5.74, 6) is -0.463. The third kappa shape index (κ3) is 4.04. The van der Waals surface area contributed by atoms with Gasteiger partial charge in [0.15, 0.2) is 5.78 Å². The molecule has 7 heteroatoms. The second kappa shape index (κ2) is 7.06. The van der Waals surface area contributed by atoms with Crippen molar-refractivity contribution in [3.05, 3.63) is 70.9 Å². The average Bonchev–Trinajstić information content (AvgIpc) is 2.90. The van der Waals surface area contributed by atoms with Gasteiger partial charge in [0.1, 0.15) is 5.60 Å². The minimum absolute atomic E-state index is 0.0446. The number of halogens is 3. The van der Waals surface area contributed by atoms with Gasteiger partial charge in [-0.15, -0.1) is 0 Å². The Morgan fingerprint density at radius 2 is 1.59 bits per heavy atom. The zero-order valence-corrected chi connectivity index (χ0v) is 16.4. The van der Waals surface area contributed by atoms with E-state index in [9.17, 15) is 22.8 Å². The van der Waals surface area contributed by atoms with Crippen LogP contribution in [0.3, 0.4) is 0 Å². The smallest absolute Gasteiger partial charge is 0.419 e. The van der Waals surface area contributed by atoms with Crippen LogP contribution in [-0.4, -0.2) is 22.0 Å². The molecule has 0 fully saturated rings. The lowest BCUT2D eigenvalue weighted by atomic mass is 9.99. The van der Waals surface area contributed by atoms with Gasteiger partial charge < -0.3 is 4.74 Å². The number of rotatable bonds is 2. The highest BCUT2D eigenvalue weighted by molar-refractivity contribution is 6.18. The van der Waals surface area contributed by atoms with Crippen LogP contribution in [0.1, 0.15) is 48.0 Å². The van der Waals surface area contributed by atoms with E-state index >= 15 is 0 Å². The number of aromatic nitrogens is 1. The van der Waals surface area contributed by atoms with Crippen LogP contribution >= 0.6 is 0 Å². The van der Waals surface area contributed by atoms with Crippen molar-refractivity contribution in [1.29, 1.82) is 0 Å². The zero-order chi connectivity index (χ0) is 21.6. The van der Waals surface area contributed by atoms with Crippen LogP contribution in [0.4, 0.5) is 18.0 Å². The summed E-state index contributed by atoms with van der Waals surface area (Å²) in [6, 6.07) is 11.2. The summed E-state index contributed by atoms with van der Waals surface area (Å²) in [6.45, 7) is 6.57. The predicted molar refractivity (Wildman–Crippen MR) is 103 cm³/mol. The Morgan fingerprint density at radius 3 is 2.14 bits per heavy atom. The van der Waals surface area contributed by atoms with E-state index in [0.29, 0.717) is 5.56 Å². The molecule has 0 bridgehead atoms. The summed E-state index contributed by atoms with van der Waals surface area (Å²) in [4.78, 5) is 25.9. The maximum Gasteiger partial charge on any atom is 0.419 e. The second-order valence-corrected chi connectivity index (χ2v) is 7.70. The molecule has 1 heterocycles. The van der Waals surface area contributed by atoms with Gasteiger partial charge in [-0.3, -0.25) is 4.79 Å². The van der Waals surface area contributed by atoms with Gasteiger partial charge in [0.2, 0.25) is 0 Å². The van der Waals surface area contributed by atoms with E-state index < -0.39 is 29.2 Å². The molecular formula is C22H20F3NO3. The molecular weight excluding hydrogens is 383 g/mol. The van der Waals surface area contributed by atoms with Crippen LogP contribution in [-0.2, 0) is 10.9 Å². The summed E-state index contributed by atoms with van der Waals surface area (Å²) in [5, 5.41) is 0.0528. The van der Waals surface area contributed by atoms with E-state index in [1.54, 1.807) is 51.1 Å². The zero-order valence-electron chi connectivity index (χ0n) is 16.4. The lowest BCUT2D eigenvalue weighted by Crippen LogP contribution is -2.27. The van der Waals surface area contributed by atoms with Gasteiger partial charge in [-0.2, -0.15) is 13.2 Å². The van der Waals surface area contributed by atoms with Crippen LogP contribution in [0.15, 0.2) is 48.5 Å². The lowest BCUT2D eigenvalue weighted by molar-refractivity contribution is -0.137. The summed E-state index contributed by atoms with van der Waals surface area (Å²) < 4.78 is 46.4. The van der Waals surface area contributed by atoms with E-state index in [-0.39, 0.29) is 22.2 Å². The fraction of sp³-hybridized carbons (Fsp3) is 0.273. The van der Waals surface area contributed by atoms with Crippen molar-refractivity contribution in [2.24, 2.45) is 0 Å². The normalized spacial score (nSPS) is 12.2. The number of carbonyl (C=O) groups excluding carboxylic acids is 2. The molecule has 0 atom stereocenters. The highest BCUT2D eigenvalue weighted by Crippen LogP contribution is 2.35. The molecule has 0 saturated heterocycles. The van der Waals surface area contributed by atoms with Gasteiger partial charge in [0.05, 0.1) is 16.6 Å². The number of hydrogen-bond acceptors (Lipinski definition) is 3. The molecule has 4 nitrogen and oxygen atoms in total. The van der Waals surface area contributed by atoms with Crippen molar-refractivity contribution in [2.45, 2.75) is 39.5 Å². The minimum Gasteiger partial charge on any atom is -0.443 e. The monoisotopic (exact) mass is 403 g/mol. The van der Waals surface area contributed by atoms with E-state index in [2.05, 4.69) is 0 Å². The largest absolute Gasteiger partial charge is 0.443 e. The molecule has 0 radical (unpaired) electrons. The van der Waals surface area contributed by atoms with Crippen LogP contribution in [0.5, 0.6) is 0 Å². The first-order valence-corrected chi connectivity index (χ1v) is 8.95. The third-order valence-electron chi connectivity index (χ3n) is 4.37. The Hall–Kier alpha value is -3.09. The number of fused-ring (bicyclic) bond motifs is 1. The molecule has 0 amide bonds. The van der Waals surface area contributed by atoms with Crippen LogP contribution < -0.4 is 0 Å². The third-order valence-corrected chi connectivity index (χ3v) is 4.37. The fourth-order valence-corrected chi connectivity index (χ4v) is 3.16. The maximum atomic E-state index is 13.3. The van der Waals surface area contributed by atoms with Crippen molar-refractivity contribution in [2.75, 3.05) is 0 Å². The first-order valence-electron chi connectivity index (χ1n) is 8.95. The number of alkyl halides is 3. The molecule has 0 unspecified atom stereocenters. The molecule has 0 aliphatic heterocycles. The van der Waals surface area contributed by atoms with Gasteiger partial charge in [0.25, 0.3) is 0 Å². The summed E-state index contributed by atoms with van der Waals surface area (Å²) in [6.07, 6.45) is -5.34. The molecule has 0 aliphatic carbocycles. The van der Waals surface area contributed by atoms with Gasteiger partial charge in [-0.25, -0.2) is 9.36 Å². The van der Waals surface area contributed by atoms with E-state index in [0.717, 1.165) is 16.7 Å². The van der Waals surface area contributed by atoms with E-state index in [1.807, 2.05) is 0 Å². The topological polar surface area (TPSA) is 48.3 Å². The summed E-state index contributed by atoms with van der Waals surface area (Å²) >= 11 is 0. The van der Waals surface area contributed by atoms with Crippen molar-refractivity contribution in [3.8, 4) is 0 Å². The Bertz CT molecular complexity index is 1090. The Morgan fingerprint density at radius 1 is 0.966 bits per heavy atom. The van der Waals surface area contributed by atoms with Crippen molar-refractivity contribution in [3.63, 3.8) is 0 Å². The van der Waals surface area contributed by atoms with Gasteiger partial charge in [0, 0.05) is 16.6 Å². The SMILES string of the molecule is Cc1c(C(=O)c2ccccc2)c2cc(C(F)(F)F)ccc2n1C(=O)OC(C)(C)C. The lowest BCUT2D eigenvalue weighted by Gasteiger charge is -2.20. The molecule has 0 saturated carbocycles. The van der Waals surface area contributed by atoms with Gasteiger partial charge in [-0.1, -0.05) is 30.3 Å². The first-order chi connectivity index (χ1) is 13.4. The fourth-order valence-electron chi connectivity index (χ4n) is 3.16. The summed E-state index contributed by atoms with van der Waals surface area (Å²) in [7, 11) is 0. The van der Waals surface area contributed by atoms with Crippen LogP contribution in [0.2, 0.25) is 0 Å². The number of hydrogen-bond donors (Lipinski definition) is 0. The van der Waals surface area contributed by atoms with Gasteiger partial charge in [-0.05, 0) is 45.9 Å². The van der Waals surface area contributed by atoms with Gasteiger partial charge >= 0.3 is 12.3 Å². The molecule has 3 rings (SSSR count). The number of ketones is 1. The molecule has 29 heavy (non-hydrogen) atoms. The van der Waals surface area contributed by atoms with E-state index in [1.165, 1.54) is 13.0 Å². The minimum atomic E-state index is -4.58. The van der Waals surface area contributed by atoms with Crippen LogP contribution in [0.25, 0.3) is 10.9 Å². The quantitative estimate of drug-likeness (QED) is 0.495. The number of nitrogens with zero attached hydrogens (tertiary/aromatic N) is 1. The van der Waals surface area contributed by atoms with Crippen molar-refractivity contribution < 1.29 is 27.5 Å². The average molecular weight is 403 g/mol. The standard InChI is InChI=1S/C22H20F3NO3/c1-13-18(19(27)14-8-6-5-7-9-14)16-12-15(22(23,24)25)10-11-17(16)26(13)20(28)29-21(2,3)4/h5-12H,1-4H3.